The molecule has 0 atom stereocenters. The second kappa shape index (κ2) is 3.50. The summed E-state index contributed by atoms with van der Waals surface area (Å²) in [4.78, 5) is 8.98. The molecule has 2 aliphatic rings. The summed E-state index contributed by atoms with van der Waals surface area (Å²) < 4.78 is 0. The van der Waals surface area contributed by atoms with Gasteiger partial charge in [-0.2, -0.15) is 0 Å². The van der Waals surface area contributed by atoms with Gasteiger partial charge in [-0.3, -0.25) is 4.98 Å². The lowest BCUT2D eigenvalue weighted by atomic mass is 10.0. The molecule has 2 aromatic rings. The molecule has 0 saturated carbocycles. The third-order valence-electron chi connectivity index (χ3n) is 3.31. The fraction of sp³-hybridized carbons (Fsp3) is 0. The number of nitrogens with zero attached hydrogens (tertiary/aromatic N) is 2. The monoisotopic (exact) mass is 230 g/mol. The van der Waals surface area contributed by atoms with Crippen LogP contribution in [0.4, 0.5) is 0 Å². The Labute approximate surface area is 104 Å². The summed E-state index contributed by atoms with van der Waals surface area (Å²) in [6.45, 7) is 0. The predicted molar refractivity (Wildman–Crippen MR) is 73.7 cm³/mol. The van der Waals surface area contributed by atoms with E-state index in [-0.39, 0.29) is 0 Å². The molecule has 2 aliphatic heterocycles. The highest BCUT2D eigenvalue weighted by atomic mass is 14.8. The van der Waals surface area contributed by atoms with E-state index in [0.717, 1.165) is 16.6 Å². The Hall–Kier alpha value is -2.48. The van der Waals surface area contributed by atoms with Gasteiger partial charge in [0.25, 0.3) is 0 Å². The Kier molecular flexibility index (Phi) is 1.86. The number of aromatic nitrogens is 2. The third-order valence-corrected chi connectivity index (χ3v) is 3.31. The van der Waals surface area contributed by atoms with Crippen molar-refractivity contribution >= 4 is 21.7 Å². The molecule has 4 rings (SSSR count). The molecule has 0 radical (unpaired) electrons. The molecule has 0 aromatic heterocycles. The Morgan fingerprint density at radius 1 is 0.722 bits per heavy atom. The van der Waals surface area contributed by atoms with Crippen LogP contribution in [0.2, 0.25) is 0 Å². The van der Waals surface area contributed by atoms with Gasteiger partial charge < -0.3 is 0 Å². The van der Waals surface area contributed by atoms with Gasteiger partial charge in [0.1, 0.15) is 0 Å². The highest BCUT2D eigenvalue weighted by molar-refractivity contribution is 6.09. The van der Waals surface area contributed by atoms with E-state index in [1.54, 1.807) is 0 Å². The fourth-order valence-corrected chi connectivity index (χ4v) is 2.51. The molecule has 18 heavy (non-hydrogen) atoms. The van der Waals surface area contributed by atoms with Crippen LogP contribution in [-0.4, -0.2) is 9.97 Å². The van der Waals surface area contributed by atoms with E-state index in [9.17, 15) is 0 Å². The van der Waals surface area contributed by atoms with Crippen LogP contribution in [-0.2, 0) is 0 Å². The van der Waals surface area contributed by atoms with Crippen molar-refractivity contribution in [3.63, 3.8) is 0 Å². The first-order valence-corrected chi connectivity index (χ1v) is 5.95. The molecule has 0 unspecified atom stereocenters. The highest BCUT2D eigenvalue weighted by Crippen LogP contribution is 2.35. The number of rotatable bonds is 0. The molecule has 0 N–H and O–H groups in total. The minimum atomic E-state index is 0.956. The summed E-state index contributed by atoms with van der Waals surface area (Å²) >= 11 is 0. The second-order valence-electron chi connectivity index (χ2n) is 4.38. The largest absolute Gasteiger partial charge is 0.262 e. The van der Waals surface area contributed by atoms with Gasteiger partial charge in [-0.25, -0.2) is 4.98 Å². The zero-order valence-electron chi connectivity index (χ0n) is 9.67. The first-order chi connectivity index (χ1) is 8.93. The van der Waals surface area contributed by atoms with Crippen LogP contribution < -0.4 is 0 Å². The smallest absolute Gasteiger partial charge is 0.0905 e. The summed E-state index contributed by atoms with van der Waals surface area (Å²) in [5.74, 6) is 0. The van der Waals surface area contributed by atoms with Crippen LogP contribution >= 0.6 is 0 Å². The summed E-state index contributed by atoms with van der Waals surface area (Å²) in [5, 5.41) is 3.55. The zero-order chi connectivity index (χ0) is 11.9. The molecule has 0 fully saturated rings. The maximum atomic E-state index is 4.64. The fourth-order valence-electron chi connectivity index (χ4n) is 2.51. The first-order valence-electron chi connectivity index (χ1n) is 5.95. The van der Waals surface area contributed by atoms with Crippen molar-refractivity contribution in [1.29, 1.82) is 0 Å². The first kappa shape index (κ1) is 9.54. The second-order valence-corrected chi connectivity index (χ2v) is 4.38. The minimum Gasteiger partial charge on any atom is -0.262 e. The lowest BCUT2D eigenvalue weighted by Gasteiger charge is -1.97. The SMILES string of the molecule is c1ccc2c3c4ccccc4nc-3cncc2c1. The molecular weight excluding hydrogens is 220 g/mol. The normalized spacial score (nSPS) is 11.3. The van der Waals surface area contributed by atoms with E-state index in [1.165, 1.54) is 16.3 Å². The Morgan fingerprint density at radius 2 is 1.50 bits per heavy atom. The van der Waals surface area contributed by atoms with Crippen LogP contribution in [0.25, 0.3) is 32.9 Å². The molecule has 2 nitrogen and oxygen atoms in total. The highest BCUT2D eigenvalue weighted by Gasteiger charge is 2.13. The van der Waals surface area contributed by atoms with Crippen LogP contribution in [0.3, 0.4) is 0 Å². The van der Waals surface area contributed by atoms with Gasteiger partial charge >= 0.3 is 0 Å². The number of hydrogen-bond donors (Lipinski definition) is 0. The van der Waals surface area contributed by atoms with Gasteiger partial charge in [-0.15, -0.1) is 0 Å². The number of fused-ring (bicyclic) bond motifs is 5. The Morgan fingerprint density at radius 3 is 2.44 bits per heavy atom. The van der Waals surface area contributed by atoms with E-state index < -0.39 is 0 Å². The van der Waals surface area contributed by atoms with Crippen LogP contribution in [0.1, 0.15) is 0 Å². The van der Waals surface area contributed by atoms with Crippen molar-refractivity contribution in [3.05, 3.63) is 60.9 Å². The molecule has 0 amide bonds. The molecule has 0 saturated heterocycles. The van der Waals surface area contributed by atoms with Crippen molar-refractivity contribution < 1.29 is 0 Å². The predicted octanol–water partition coefficient (Wildman–Crippen LogP) is 3.89. The van der Waals surface area contributed by atoms with Gasteiger partial charge in [0.15, 0.2) is 0 Å². The minimum absolute atomic E-state index is 0.956. The molecule has 2 aromatic carbocycles. The average Bonchev–Trinajstić information content (AvgIpc) is 2.68. The van der Waals surface area contributed by atoms with Crippen molar-refractivity contribution in [1.82, 2.24) is 9.97 Å². The van der Waals surface area contributed by atoms with Gasteiger partial charge in [-0.1, -0.05) is 42.5 Å². The summed E-state index contributed by atoms with van der Waals surface area (Å²) in [6.07, 6.45) is 3.74. The van der Waals surface area contributed by atoms with E-state index in [1.807, 2.05) is 30.6 Å². The molecule has 0 aliphatic carbocycles. The summed E-state index contributed by atoms with van der Waals surface area (Å²) in [5.41, 5.74) is 3.18. The summed E-state index contributed by atoms with van der Waals surface area (Å²) in [6, 6.07) is 16.6. The lowest BCUT2D eigenvalue weighted by Crippen LogP contribution is -1.73. The van der Waals surface area contributed by atoms with Crippen LogP contribution in [0, 0.1) is 0 Å². The van der Waals surface area contributed by atoms with Gasteiger partial charge in [0.2, 0.25) is 0 Å². The van der Waals surface area contributed by atoms with Crippen LogP contribution in [0.5, 0.6) is 0 Å². The quantitative estimate of drug-likeness (QED) is 0.458. The van der Waals surface area contributed by atoms with Crippen molar-refractivity contribution in [3.8, 4) is 11.3 Å². The maximum Gasteiger partial charge on any atom is 0.0905 e. The van der Waals surface area contributed by atoms with Crippen LogP contribution in [0.15, 0.2) is 60.9 Å². The van der Waals surface area contributed by atoms with E-state index >= 15 is 0 Å². The Bertz CT molecular complexity index is 836. The van der Waals surface area contributed by atoms with Gasteiger partial charge in [0.05, 0.1) is 17.4 Å². The van der Waals surface area contributed by atoms with Gasteiger partial charge in [-0.05, 0) is 11.5 Å². The van der Waals surface area contributed by atoms with E-state index in [0.29, 0.717) is 0 Å². The van der Waals surface area contributed by atoms with E-state index in [4.69, 9.17) is 0 Å². The molecule has 2 heteroatoms. The van der Waals surface area contributed by atoms with E-state index in [2.05, 4.69) is 40.3 Å². The molecule has 0 spiro atoms. The van der Waals surface area contributed by atoms with Gasteiger partial charge in [0, 0.05) is 22.5 Å². The Balaban J connectivity index is 2.33. The number of para-hydroxylation sites is 1. The lowest BCUT2D eigenvalue weighted by molar-refractivity contribution is 1.34. The average molecular weight is 230 g/mol. The van der Waals surface area contributed by atoms with Crippen molar-refractivity contribution in [2.24, 2.45) is 0 Å². The number of hydrogen-bond acceptors (Lipinski definition) is 2. The van der Waals surface area contributed by atoms with Crippen molar-refractivity contribution in [2.45, 2.75) is 0 Å². The number of benzene rings is 2. The standard InChI is InChI=1S/C16H10N2/c1-2-6-12-11(5-1)9-17-10-15-16(12)13-7-3-4-8-14(13)18-15/h1-10H. The summed E-state index contributed by atoms with van der Waals surface area (Å²) in [7, 11) is 0. The maximum absolute atomic E-state index is 4.64. The molecular formula is C16H10N2. The molecule has 0 bridgehead atoms. The molecule has 84 valence electrons. The third kappa shape index (κ3) is 1.23. The molecule has 2 heterocycles. The zero-order valence-corrected chi connectivity index (χ0v) is 9.67. The topological polar surface area (TPSA) is 25.8 Å². The van der Waals surface area contributed by atoms with Crippen molar-refractivity contribution in [2.75, 3.05) is 0 Å².